The summed E-state index contributed by atoms with van der Waals surface area (Å²) in [4.78, 5) is 21.0. The number of carbonyl (C=O) groups is 1. The van der Waals surface area contributed by atoms with Gasteiger partial charge < -0.3 is 16.4 Å². The van der Waals surface area contributed by atoms with E-state index in [2.05, 4.69) is 20.6 Å². The highest BCUT2D eigenvalue weighted by molar-refractivity contribution is 7.17. The molecule has 0 aliphatic rings. The van der Waals surface area contributed by atoms with Crippen molar-refractivity contribution in [1.29, 1.82) is 0 Å². The average molecular weight is 484 g/mol. The molecule has 2 aromatic carbocycles. The second-order valence-electron chi connectivity index (χ2n) is 6.44. The van der Waals surface area contributed by atoms with Crippen LogP contribution >= 0.6 is 23.7 Å². The Kier molecular flexibility index (Phi) is 6.51. The maximum Gasteiger partial charge on any atom is 0.416 e. The molecule has 0 fully saturated rings. The number of anilines is 3. The zero-order valence-electron chi connectivity index (χ0n) is 15.9. The molecule has 0 saturated carbocycles. The van der Waals surface area contributed by atoms with Gasteiger partial charge in [-0.1, -0.05) is 12.1 Å². The van der Waals surface area contributed by atoms with Crippen LogP contribution in [-0.4, -0.2) is 16.0 Å². The third-order valence-electron chi connectivity index (χ3n) is 4.40. The van der Waals surface area contributed by atoms with Crippen LogP contribution in [0.3, 0.4) is 0 Å². The Morgan fingerprint density at radius 3 is 2.44 bits per heavy atom. The molecule has 0 unspecified atom stereocenters. The number of nitrogens with one attached hydrogen (secondary N) is 2. The highest BCUT2D eigenvalue weighted by atomic mass is 35.5. The first-order chi connectivity index (χ1) is 14.7. The monoisotopic (exact) mass is 483 g/mol. The molecule has 2 heterocycles. The summed E-state index contributed by atoms with van der Waals surface area (Å²) < 4.78 is 52.2. The van der Waals surface area contributed by atoms with Crippen LogP contribution in [0.25, 0.3) is 21.3 Å². The molecule has 0 aliphatic carbocycles. The minimum Gasteiger partial charge on any atom is -0.383 e. The molecule has 0 bridgehead atoms. The van der Waals surface area contributed by atoms with Gasteiger partial charge in [-0.05, 0) is 35.9 Å². The van der Waals surface area contributed by atoms with E-state index in [1.807, 2.05) is 5.38 Å². The van der Waals surface area contributed by atoms with Crippen LogP contribution in [0.2, 0.25) is 0 Å². The lowest BCUT2D eigenvalue weighted by Crippen LogP contribution is -2.20. The number of hydrogen-bond acceptors (Lipinski definition) is 5. The Morgan fingerprint density at radius 1 is 1.03 bits per heavy atom. The van der Waals surface area contributed by atoms with Crippen LogP contribution in [0.4, 0.5) is 39.5 Å². The first-order valence-electron chi connectivity index (χ1n) is 8.75. The van der Waals surface area contributed by atoms with Crippen molar-refractivity contribution in [3.05, 3.63) is 65.6 Å². The summed E-state index contributed by atoms with van der Waals surface area (Å²) in [6.45, 7) is 0. The van der Waals surface area contributed by atoms with E-state index in [1.165, 1.54) is 17.7 Å². The van der Waals surface area contributed by atoms with Gasteiger partial charge in [-0.15, -0.1) is 23.7 Å². The largest absolute Gasteiger partial charge is 0.416 e. The number of urea groups is 1. The van der Waals surface area contributed by atoms with Crippen LogP contribution in [-0.2, 0) is 6.18 Å². The van der Waals surface area contributed by atoms with Crippen molar-refractivity contribution in [2.75, 3.05) is 16.4 Å². The van der Waals surface area contributed by atoms with Crippen molar-refractivity contribution in [3.8, 4) is 11.1 Å². The number of amides is 2. The molecule has 166 valence electrons. The summed E-state index contributed by atoms with van der Waals surface area (Å²) in [5, 5.41) is 7.16. The molecule has 4 aromatic rings. The Morgan fingerprint density at radius 2 is 1.75 bits per heavy atom. The van der Waals surface area contributed by atoms with E-state index in [0.29, 0.717) is 29.7 Å². The normalized spacial score (nSPS) is 11.1. The number of fused-ring (bicyclic) bond motifs is 1. The minimum atomic E-state index is -4.66. The van der Waals surface area contributed by atoms with Crippen molar-refractivity contribution < 1.29 is 22.4 Å². The van der Waals surface area contributed by atoms with E-state index >= 15 is 0 Å². The van der Waals surface area contributed by atoms with Gasteiger partial charge in [0.1, 0.15) is 22.8 Å². The molecule has 32 heavy (non-hydrogen) atoms. The highest BCUT2D eigenvalue weighted by Crippen LogP contribution is 2.36. The molecule has 2 amide bonds. The van der Waals surface area contributed by atoms with Crippen LogP contribution in [0.15, 0.2) is 54.2 Å². The number of nitrogens with zero attached hydrogens (tertiary/aromatic N) is 2. The number of halogens is 5. The number of carbonyl (C=O) groups excluding carboxylic acids is 1. The van der Waals surface area contributed by atoms with E-state index in [-0.39, 0.29) is 12.4 Å². The second kappa shape index (κ2) is 8.97. The summed E-state index contributed by atoms with van der Waals surface area (Å²) in [6.07, 6.45) is -3.27. The van der Waals surface area contributed by atoms with E-state index in [9.17, 15) is 22.4 Å². The highest BCUT2D eigenvalue weighted by Gasteiger charge is 2.31. The number of thiophene rings is 1. The molecular formula is C20H14ClF4N5OS. The number of aromatic nitrogens is 2. The van der Waals surface area contributed by atoms with Gasteiger partial charge in [0.05, 0.1) is 16.6 Å². The number of nitrogens with two attached hydrogens (primary N) is 1. The van der Waals surface area contributed by atoms with Crippen LogP contribution in [0.5, 0.6) is 0 Å². The lowest BCUT2D eigenvalue weighted by atomic mass is 10.1. The predicted molar refractivity (Wildman–Crippen MR) is 119 cm³/mol. The first kappa shape index (κ1) is 23.2. The lowest BCUT2D eigenvalue weighted by molar-refractivity contribution is -0.137. The molecule has 0 saturated heterocycles. The predicted octanol–water partition coefficient (Wildman–Crippen LogP) is 6.16. The minimum absolute atomic E-state index is 0. The van der Waals surface area contributed by atoms with Crippen LogP contribution < -0.4 is 16.4 Å². The molecule has 0 atom stereocenters. The lowest BCUT2D eigenvalue weighted by Gasteiger charge is -2.12. The van der Waals surface area contributed by atoms with Gasteiger partial charge in [0, 0.05) is 16.6 Å². The van der Waals surface area contributed by atoms with Crippen molar-refractivity contribution in [1.82, 2.24) is 9.97 Å². The number of alkyl halides is 3. The molecule has 12 heteroatoms. The van der Waals surface area contributed by atoms with E-state index in [4.69, 9.17) is 5.73 Å². The fourth-order valence-corrected chi connectivity index (χ4v) is 3.85. The van der Waals surface area contributed by atoms with Gasteiger partial charge in [0.25, 0.3) is 0 Å². The molecule has 0 aliphatic heterocycles. The van der Waals surface area contributed by atoms with Crippen LogP contribution in [0, 0.1) is 5.82 Å². The standard InChI is InChI=1S/C20H13F4N5OS.ClH/c21-14-6-3-11(20(22,23)24)7-15(14)29-19(30)28-12-4-1-10(2-5-12)13-8-31-18-16(13)17(25)26-9-27-18;/h1-9H,(H2,25,26,27)(H2,28,29,30);1H. The zero-order chi connectivity index (χ0) is 22.2. The van der Waals surface area contributed by atoms with Crippen LogP contribution in [0.1, 0.15) is 5.56 Å². The van der Waals surface area contributed by atoms with E-state index in [0.717, 1.165) is 21.3 Å². The van der Waals surface area contributed by atoms with Crippen molar-refractivity contribution in [2.24, 2.45) is 0 Å². The van der Waals surface area contributed by atoms with E-state index < -0.39 is 29.3 Å². The fourth-order valence-electron chi connectivity index (χ4n) is 2.93. The second-order valence-corrected chi connectivity index (χ2v) is 7.30. The Bertz CT molecular complexity index is 1280. The third-order valence-corrected chi connectivity index (χ3v) is 5.28. The molecule has 4 rings (SSSR count). The molecule has 0 radical (unpaired) electrons. The number of rotatable bonds is 3. The Labute approximate surface area is 188 Å². The topological polar surface area (TPSA) is 92.9 Å². The van der Waals surface area contributed by atoms with Crippen molar-refractivity contribution >= 4 is 57.2 Å². The van der Waals surface area contributed by atoms with Gasteiger partial charge in [0.15, 0.2) is 0 Å². The fraction of sp³-hybridized carbons (Fsp3) is 0.0500. The smallest absolute Gasteiger partial charge is 0.383 e. The Hall–Kier alpha value is -3.44. The molecular weight excluding hydrogens is 470 g/mol. The molecule has 6 nitrogen and oxygen atoms in total. The summed E-state index contributed by atoms with van der Waals surface area (Å²) in [7, 11) is 0. The number of nitrogen functional groups attached to an aromatic ring is 1. The van der Waals surface area contributed by atoms with E-state index in [1.54, 1.807) is 24.3 Å². The molecule has 4 N–H and O–H groups in total. The summed E-state index contributed by atoms with van der Waals surface area (Å²) in [5.41, 5.74) is 6.30. The maximum absolute atomic E-state index is 13.8. The van der Waals surface area contributed by atoms with Gasteiger partial charge in [-0.25, -0.2) is 19.2 Å². The number of hydrogen-bond donors (Lipinski definition) is 3. The zero-order valence-corrected chi connectivity index (χ0v) is 17.5. The summed E-state index contributed by atoms with van der Waals surface area (Å²) >= 11 is 1.42. The first-order valence-corrected chi connectivity index (χ1v) is 9.63. The Balaban J connectivity index is 0.00000289. The van der Waals surface area contributed by atoms with Crippen molar-refractivity contribution in [2.45, 2.75) is 6.18 Å². The van der Waals surface area contributed by atoms with Crippen molar-refractivity contribution in [3.63, 3.8) is 0 Å². The number of benzene rings is 2. The summed E-state index contributed by atoms with van der Waals surface area (Å²) in [5.74, 6) is -0.631. The van der Waals surface area contributed by atoms with Gasteiger partial charge in [-0.2, -0.15) is 13.2 Å². The maximum atomic E-state index is 13.8. The van der Waals surface area contributed by atoms with Gasteiger partial charge in [0.2, 0.25) is 0 Å². The van der Waals surface area contributed by atoms with Gasteiger partial charge in [-0.3, -0.25) is 0 Å². The molecule has 0 spiro atoms. The molecule has 2 aromatic heterocycles. The quantitative estimate of drug-likeness (QED) is 0.304. The average Bonchev–Trinajstić information content (AvgIpc) is 3.15. The SMILES string of the molecule is Cl.Nc1ncnc2scc(-c3ccc(NC(=O)Nc4cc(C(F)(F)F)ccc4F)cc3)c12. The summed E-state index contributed by atoms with van der Waals surface area (Å²) in [6, 6.07) is 7.55. The van der Waals surface area contributed by atoms with Gasteiger partial charge >= 0.3 is 12.2 Å². The third kappa shape index (κ3) is 4.73.